The molecule has 1 amide bonds. The number of hydrazone groups is 1. The molecule has 0 saturated heterocycles. The Morgan fingerprint density at radius 3 is 2.50 bits per heavy atom. The molecule has 2 rings (SSSR count). The molecular formula is C21H24N2O5. The zero-order chi connectivity index (χ0) is 20.4. The van der Waals surface area contributed by atoms with Crippen molar-refractivity contribution in [2.45, 2.75) is 26.2 Å². The van der Waals surface area contributed by atoms with Gasteiger partial charge in [-0.1, -0.05) is 38.1 Å². The molecule has 2 aromatic carbocycles. The highest BCUT2D eigenvalue weighted by atomic mass is 16.5. The molecule has 0 radical (unpaired) electrons. The van der Waals surface area contributed by atoms with E-state index in [1.165, 1.54) is 11.8 Å². The van der Waals surface area contributed by atoms with Crippen LogP contribution >= 0.6 is 0 Å². The van der Waals surface area contributed by atoms with Gasteiger partial charge in [-0.25, -0.2) is 10.2 Å². The van der Waals surface area contributed by atoms with Crippen LogP contribution in [0.1, 0.15) is 37.3 Å². The van der Waals surface area contributed by atoms with E-state index in [9.17, 15) is 9.59 Å². The van der Waals surface area contributed by atoms with Gasteiger partial charge in [-0.15, -0.1) is 0 Å². The first-order chi connectivity index (χ1) is 13.5. The van der Waals surface area contributed by atoms with Crippen molar-refractivity contribution in [3.63, 3.8) is 0 Å². The maximum Gasteiger partial charge on any atom is 0.341 e. The predicted octanol–water partition coefficient (Wildman–Crippen LogP) is 3.19. The molecule has 7 heteroatoms. The summed E-state index contributed by atoms with van der Waals surface area (Å²) in [6.07, 6.45) is 2.45. The summed E-state index contributed by atoms with van der Waals surface area (Å²) in [5.74, 6) is -0.0336. The summed E-state index contributed by atoms with van der Waals surface area (Å²) in [6, 6.07) is 14.5. The van der Waals surface area contributed by atoms with E-state index >= 15 is 0 Å². The van der Waals surface area contributed by atoms with Gasteiger partial charge in [0.05, 0.1) is 6.21 Å². The molecule has 0 aromatic heterocycles. The molecule has 0 aliphatic heterocycles. The first kappa shape index (κ1) is 21.0. The lowest BCUT2D eigenvalue weighted by Gasteiger charge is -2.10. The SMILES string of the molecule is CCC(C)c1ccc(OCC(=O)NN=Cc2ccccc2OCC(=O)O)cc1. The quantitative estimate of drug-likeness (QED) is 0.484. The zero-order valence-electron chi connectivity index (χ0n) is 15.9. The highest BCUT2D eigenvalue weighted by Crippen LogP contribution is 2.21. The molecule has 148 valence electrons. The van der Waals surface area contributed by atoms with E-state index in [-0.39, 0.29) is 6.61 Å². The van der Waals surface area contributed by atoms with Crippen molar-refractivity contribution in [1.29, 1.82) is 0 Å². The Morgan fingerprint density at radius 2 is 1.82 bits per heavy atom. The molecule has 0 saturated carbocycles. The van der Waals surface area contributed by atoms with Crippen molar-refractivity contribution >= 4 is 18.1 Å². The molecule has 2 aromatic rings. The van der Waals surface area contributed by atoms with Crippen molar-refractivity contribution in [3.8, 4) is 11.5 Å². The molecule has 7 nitrogen and oxygen atoms in total. The second kappa shape index (κ2) is 10.7. The second-order valence-electron chi connectivity index (χ2n) is 6.18. The number of nitrogens with zero attached hydrogens (tertiary/aromatic N) is 1. The maximum absolute atomic E-state index is 11.9. The zero-order valence-corrected chi connectivity index (χ0v) is 15.9. The molecular weight excluding hydrogens is 360 g/mol. The third kappa shape index (κ3) is 6.75. The van der Waals surface area contributed by atoms with E-state index < -0.39 is 18.5 Å². The van der Waals surface area contributed by atoms with Gasteiger partial charge in [0.1, 0.15) is 11.5 Å². The van der Waals surface area contributed by atoms with Crippen LogP contribution in [0.4, 0.5) is 0 Å². The summed E-state index contributed by atoms with van der Waals surface area (Å²) in [5, 5.41) is 12.6. The molecule has 0 heterocycles. The first-order valence-corrected chi connectivity index (χ1v) is 8.98. The van der Waals surface area contributed by atoms with Gasteiger partial charge in [-0.3, -0.25) is 4.79 Å². The van der Waals surface area contributed by atoms with Gasteiger partial charge in [0.15, 0.2) is 13.2 Å². The minimum Gasteiger partial charge on any atom is -0.484 e. The molecule has 1 atom stereocenters. The summed E-state index contributed by atoms with van der Waals surface area (Å²) in [6.45, 7) is 3.67. The topological polar surface area (TPSA) is 97.2 Å². The fraction of sp³-hybridized carbons (Fsp3) is 0.286. The highest BCUT2D eigenvalue weighted by molar-refractivity contribution is 5.85. The number of amides is 1. The number of hydrogen-bond donors (Lipinski definition) is 2. The monoisotopic (exact) mass is 384 g/mol. The number of hydrogen-bond acceptors (Lipinski definition) is 5. The molecule has 0 fully saturated rings. The van der Waals surface area contributed by atoms with Crippen molar-refractivity contribution in [3.05, 3.63) is 59.7 Å². The van der Waals surface area contributed by atoms with E-state index in [2.05, 4.69) is 24.4 Å². The Bertz CT molecular complexity index is 818. The number of carbonyl (C=O) groups excluding carboxylic acids is 1. The Hall–Kier alpha value is -3.35. The Morgan fingerprint density at radius 1 is 1.11 bits per heavy atom. The number of aliphatic carboxylic acids is 1. The Kier molecular flexibility index (Phi) is 8.02. The van der Waals surface area contributed by atoms with Crippen LogP contribution in [0, 0.1) is 0 Å². The van der Waals surface area contributed by atoms with Crippen LogP contribution in [0.15, 0.2) is 53.6 Å². The average molecular weight is 384 g/mol. The van der Waals surface area contributed by atoms with Gasteiger partial charge in [0.2, 0.25) is 0 Å². The van der Waals surface area contributed by atoms with Gasteiger partial charge >= 0.3 is 5.97 Å². The summed E-state index contributed by atoms with van der Waals surface area (Å²) in [4.78, 5) is 22.5. The van der Waals surface area contributed by atoms with E-state index in [1.807, 2.05) is 24.3 Å². The minimum atomic E-state index is -1.07. The van der Waals surface area contributed by atoms with Crippen molar-refractivity contribution < 1.29 is 24.2 Å². The number of para-hydroxylation sites is 1. The van der Waals surface area contributed by atoms with Gasteiger partial charge in [0, 0.05) is 5.56 Å². The van der Waals surface area contributed by atoms with Crippen LogP contribution in [-0.2, 0) is 9.59 Å². The van der Waals surface area contributed by atoms with Crippen LogP contribution in [0.3, 0.4) is 0 Å². The fourth-order valence-electron chi connectivity index (χ4n) is 2.34. The predicted molar refractivity (Wildman–Crippen MR) is 106 cm³/mol. The molecule has 1 unspecified atom stereocenters. The third-order valence-corrected chi connectivity index (χ3v) is 4.09. The van der Waals surface area contributed by atoms with E-state index in [1.54, 1.807) is 24.3 Å². The Labute approximate surface area is 164 Å². The normalized spacial score (nSPS) is 11.8. The lowest BCUT2D eigenvalue weighted by molar-refractivity contribution is -0.139. The van der Waals surface area contributed by atoms with Gasteiger partial charge in [0.25, 0.3) is 5.91 Å². The number of carboxylic acid groups (broad SMARTS) is 1. The minimum absolute atomic E-state index is 0.169. The summed E-state index contributed by atoms with van der Waals surface area (Å²) in [5.41, 5.74) is 4.14. The third-order valence-electron chi connectivity index (χ3n) is 4.09. The van der Waals surface area contributed by atoms with E-state index in [4.69, 9.17) is 14.6 Å². The largest absolute Gasteiger partial charge is 0.484 e. The van der Waals surface area contributed by atoms with Crippen molar-refractivity contribution in [2.75, 3.05) is 13.2 Å². The van der Waals surface area contributed by atoms with Gasteiger partial charge < -0.3 is 14.6 Å². The number of rotatable bonds is 10. The van der Waals surface area contributed by atoms with Crippen LogP contribution < -0.4 is 14.9 Å². The first-order valence-electron chi connectivity index (χ1n) is 8.98. The summed E-state index contributed by atoms with van der Waals surface area (Å²) < 4.78 is 10.6. The second-order valence-corrected chi connectivity index (χ2v) is 6.18. The molecule has 28 heavy (non-hydrogen) atoms. The molecule has 2 N–H and O–H groups in total. The summed E-state index contributed by atoms with van der Waals surface area (Å²) >= 11 is 0. The van der Waals surface area contributed by atoms with E-state index in [0.717, 1.165) is 6.42 Å². The van der Waals surface area contributed by atoms with Crippen LogP contribution in [-0.4, -0.2) is 36.4 Å². The van der Waals surface area contributed by atoms with Crippen molar-refractivity contribution in [2.24, 2.45) is 5.10 Å². The van der Waals surface area contributed by atoms with Crippen molar-refractivity contribution in [1.82, 2.24) is 5.43 Å². The standard InChI is InChI=1S/C21H24N2O5/c1-3-15(2)16-8-10-18(11-9-16)27-13-20(24)23-22-12-17-6-4-5-7-19(17)28-14-21(25)26/h4-12,15H,3,13-14H2,1-2H3,(H,23,24)(H,25,26). The number of carboxylic acids is 1. The number of ether oxygens (including phenoxy) is 2. The van der Waals surface area contributed by atoms with Gasteiger partial charge in [-0.2, -0.15) is 5.10 Å². The average Bonchev–Trinajstić information content (AvgIpc) is 2.71. The van der Waals surface area contributed by atoms with Crippen LogP contribution in [0.25, 0.3) is 0 Å². The highest BCUT2D eigenvalue weighted by Gasteiger charge is 2.06. The smallest absolute Gasteiger partial charge is 0.341 e. The number of nitrogens with one attached hydrogen (secondary N) is 1. The van der Waals surface area contributed by atoms with Gasteiger partial charge in [-0.05, 0) is 42.2 Å². The maximum atomic E-state index is 11.9. The van der Waals surface area contributed by atoms with E-state index in [0.29, 0.717) is 23.0 Å². The lowest BCUT2D eigenvalue weighted by atomic mass is 9.99. The number of carbonyl (C=O) groups is 2. The molecule has 0 spiro atoms. The Balaban J connectivity index is 1.83. The molecule has 0 bridgehead atoms. The molecule has 0 aliphatic rings. The lowest BCUT2D eigenvalue weighted by Crippen LogP contribution is -2.24. The molecule has 0 aliphatic carbocycles. The number of benzene rings is 2. The fourth-order valence-corrected chi connectivity index (χ4v) is 2.34. The van der Waals surface area contributed by atoms with Crippen LogP contribution in [0.2, 0.25) is 0 Å². The van der Waals surface area contributed by atoms with Crippen LogP contribution in [0.5, 0.6) is 11.5 Å². The summed E-state index contributed by atoms with van der Waals surface area (Å²) in [7, 11) is 0.